The summed E-state index contributed by atoms with van der Waals surface area (Å²) in [6, 6.07) is 1.87. The number of nitrogens with zero attached hydrogens (tertiary/aromatic N) is 2. The fourth-order valence-electron chi connectivity index (χ4n) is 1.33. The van der Waals surface area contributed by atoms with Gasteiger partial charge in [-0.2, -0.15) is 11.8 Å². The molecule has 4 heteroatoms. The average molecular weight is 226 g/mol. The van der Waals surface area contributed by atoms with Gasteiger partial charge in [0.2, 0.25) is 0 Å². The Labute approximate surface area is 95.4 Å². The van der Waals surface area contributed by atoms with Crippen molar-refractivity contribution in [3.05, 3.63) is 24.0 Å². The minimum atomic E-state index is 0.194. The van der Waals surface area contributed by atoms with E-state index >= 15 is 0 Å². The molecule has 1 rings (SSSR count). The first-order valence-electron chi connectivity index (χ1n) is 4.96. The molecule has 84 valence electrons. The number of rotatable bonds is 6. The lowest BCUT2D eigenvalue weighted by molar-refractivity contribution is 0.0949. The van der Waals surface area contributed by atoms with Crippen molar-refractivity contribution in [2.24, 2.45) is 7.05 Å². The van der Waals surface area contributed by atoms with Crippen LogP contribution in [0.2, 0.25) is 0 Å². The van der Waals surface area contributed by atoms with Crippen LogP contribution in [0, 0.1) is 0 Å². The molecule has 0 N–H and O–H groups in total. The molecule has 3 nitrogen and oxygen atoms in total. The highest BCUT2D eigenvalue weighted by Gasteiger charge is 2.09. The van der Waals surface area contributed by atoms with Crippen LogP contribution in [0.25, 0.3) is 0 Å². The summed E-state index contributed by atoms with van der Waals surface area (Å²) < 4.78 is 1.90. The van der Waals surface area contributed by atoms with Crippen molar-refractivity contribution in [1.82, 2.24) is 9.47 Å². The summed E-state index contributed by atoms with van der Waals surface area (Å²) in [5.41, 5.74) is 0.800. The second-order valence-electron chi connectivity index (χ2n) is 3.72. The maximum absolute atomic E-state index is 11.8. The monoisotopic (exact) mass is 226 g/mol. The second-order valence-corrected chi connectivity index (χ2v) is 4.71. The van der Waals surface area contributed by atoms with Crippen LogP contribution >= 0.6 is 11.8 Å². The summed E-state index contributed by atoms with van der Waals surface area (Å²) in [6.45, 7) is 1.46. The highest BCUT2D eigenvalue weighted by atomic mass is 32.2. The largest absolute Gasteiger partial charge is 0.357 e. The predicted octanol–water partition coefficient (Wildman–Crippen LogP) is 1.50. The Hall–Kier alpha value is -0.740. The Balaban J connectivity index is 2.42. The molecule has 0 unspecified atom stereocenters. The van der Waals surface area contributed by atoms with Gasteiger partial charge in [0.1, 0.15) is 0 Å². The molecular formula is C11H18N2OS. The van der Waals surface area contributed by atoms with E-state index in [4.69, 9.17) is 0 Å². The van der Waals surface area contributed by atoms with E-state index in [9.17, 15) is 4.79 Å². The van der Waals surface area contributed by atoms with Gasteiger partial charge in [-0.1, -0.05) is 0 Å². The highest BCUT2D eigenvalue weighted by Crippen LogP contribution is 2.02. The number of aromatic nitrogens is 1. The van der Waals surface area contributed by atoms with Gasteiger partial charge in [-0.05, 0) is 19.4 Å². The SMILES string of the molecule is CSCCN(C)CC(=O)c1ccn(C)c1. The van der Waals surface area contributed by atoms with Crippen molar-refractivity contribution < 1.29 is 4.79 Å². The summed E-state index contributed by atoms with van der Waals surface area (Å²) in [4.78, 5) is 13.8. The molecule has 1 heterocycles. The molecule has 1 aromatic heterocycles. The summed E-state index contributed by atoms with van der Waals surface area (Å²) >= 11 is 1.80. The second kappa shape index (κ2) is 5.98. The van der Waals surface area contributed by atoms with Crippen molar-refractivity contribution in [3.8, 4) is 0 Å². The normalized spacial score (nSPS) is 10.9. The zero-order valence-electron chi connectivity index (χ0n) is 9.56. The van der Waals surface area contributed by atoms with Crippen molar-refractivity contribution in [1.29, 1.82) is 0 Å². The molecule has 0 atom stereocenters. The lowest BCUT2D eigenvalue weighted by atomic mass is 10.2. The average Bonchev–Trinajstić information content (AvgIpc) is 2.61. The molecule has 0 bridgehead atoms. The first-order valence-corrected chi connectivity index (χ1v) is 6.35. The topological polar surface area (TPSA) is 25.2 Å². The smallest absolute Gasteiger partial charge is 0.178 e. The lowest BCUT2D eigenvalue weighted by Gasteiger charge is -2.14. The van der Waals surface area contributed by atoms with E-state index in [0.717, 1.165) is 17.9 Å². The van der Waals surface area contributed by atoms with Crippen molar-refractivity contribution in [2.45, 2.75) is 0 Å². The van der Waals surface area contributed by atoms with E-state index in [1.807, 2.05) is 37.1 Å². The van der Waals surface area contributed by atoms with Crippen molar-refractivity contribution >= 4 is 17.5 Å². The van der Waals surface area contributed by atoms with Crippen molar-refractivity contribution in [2.75, 3.05) is 32.1 Å². The van der Waals surface area contributed by atoms with E-state index in [0.29, 0.717) is 6.54 Å². The fraction of sp³-hybridized carbons (Fsp3) is 0.545. The Bertz CT molecular complexity index is 322. The van der Waals surface area contributed by atoms with E-state index in [1.54, 1.807) is 11.8 Å². The van der Waals surface area contributed by atoms with Crippen LogP contribution in [0.4, 0.5) is 0 Å². The van der Waals surface area contributed by atoms with Crippen molar-refractivity contribution in [3.63, 3.8) is 0 Å². The molecule has 0 aliphatic heterocycles. The summed E-state index contributed by atoms with van der Waals surface area (Å²) in [5.74, 6) is 1.26. The molecule has 0 saturated heterocycles. The van der Waals surface area contributed by atoms with Crippen LogP contribution in [0.1, 0.15) is 10.4 Å². The number of likely N-dealkylation sites (N-methyl/N-ethyl adjacent to an activating group) is 1. The summed E-state index contributed by atoms with van der Waals surface area (Å²) in [7, 11) is 3.91. The molecule has 0 aliphatic rings. The van der Waals surface area contributed by atoms with Gasteiger partial charge in [-0.3, -0.25) is 9.69 Å². The molecule has 15 heavy (non-hydrogen) atoms. The number of thioether (sulfide) groups is 1. The van der Waals surface area contributed by atoms with E-state index < -0.39 is 0 Å². The number of hydrogen-bond donors (Lipinski definition) is 0. The highest BCUT2D eigenvalue weighted by molar-refractivity contribution is 7.98. The third kappa shape index (κ3) is 4.10. The van der Waals surface area contributed by atoms with Gasteiger partial charge in [0.05, 0.1) is 6.54 Å². The summed E-state index contributed by atoms with van der Waals surface area (Å²) in [5, 5.41) is 0. The summed E-state index contributed by atoms with van der Waals surface area (Å²) in [6.07, 6.45) is 5.84. The molecule has 0 radical (unpaired) electrons. The quantitative estimate of drug-likeness (QED) is 0.687. The van der Waals surface area contributed by atoms with Crippen LogP contribution in [0.3, 0.4) is 0 Å². The predicted molar refractivity (Wildman–Crippen MR) is 65.6 cm³/mol. The van der Waals surface area contributed by atoms with Gasteiger partial charge in [-0.15, -0.1) is 0 Å². The molecule has 0 saturated carbocycles. The minimum Gasteiger partial charge on any atom is -0.357 e. The first-order chi connectivity index (χ1) is 7.13. The maximum atomic E-state index is 11.8. The van der Waals surface area contributed by atoms with Gasteiger partial charge in [0, 0.05) is 37.3 Å². The number of carbonyl (C=O) groups excluding carboxylic acids is 1. The molecular weight excluding hydrogens is 208 g/mol. The number of aryl methyl sites for hydroxylation is 1. The molecule has 0 aliphatic carbocycles. The Morgan fingerprint density at radius 3 is 2.87 bits per heavy atom. The third-order valence-electron chi connectivity index (χ3n) is 2.24. The van der Waals surface area contributed by atoms with E-state index in [1.165, 1.54) is 0 Å². The number of Topliss-reactive ketones (excluding diaryl/α,β-unsaturated/α-hetero) is 1. The van der Waals surface area contributed by atoms with E-state index in [-0.39, 0.29) is 5.78 Å². The van der Waals surface area contributed by atoms with Gasteiger partial charge in [0.15, 0.2) is 5.78 Å². The van der Waals surface area contributed by atoms with Gasteiger partial charge >= 0.3 is 0 Å². The minimum absolute atomic E-state index is 0.194. The van der Waals surface area contributed by atoms with Gasteiger partial charge < -0.3 is 4.57 Å². The number of ketones is 1. The standard InChI is InChI=1S/C11H18N2OS/c1-12-5-4-10(8-12)11(14)9-13(2)6-7-15-3/h4-5,8H,6-7,9H2,1-3H3. The Morgan fingerprint density at radius 2 is 2.33 bits per heavy atom. The zero-order valence-corrected chi connectivity index (χ0v) is 10.4. The number of hydrogen-bond acceptors (Lipinski definition) is 3. The molecule has 0 aromatic carbocycles. The Kier molecular flexibility index (Phi) is 4.91. The van der Waals surface area contributed by atoms with Crippen LogP contribution in [0.5, 0.6) is 0 Å². The van der Waals surface area contributed by atoms with Crippen LogP contribution in [0.15, 0.2) is 18.5 Å². The van der Waals surface area contributed by atoms with Gasteiger partial charge in [0.25, 0.3) is 0 Å². The number of carbonyl (C=O) groups is 1. The molecule has 0 spiro atoms. The van der Waals surface area contributed by atoms with E-state index in [2.05, 4.69) is 11.2 Å². The van der Waals surface area contributed by atoms with Gasteiger partial charge in [-0.25, -0.2) is 0 Å². The van der Waals surface area contributed by atoms with Crippen LogP contribution in [-0.4, -0.2) is 47.4 Å². The lowest BCUT2D eigenvalue weighted by Crippen LogP contribution is -2.27. The van der Waals surface area contributed by atoms with Crippen LogP contribution in [-0.2, 0) is 7.05 Å². The zero-order chi connectivity index (χ0) is 11.3. The first kappa shape index (κ1) is 12.3. The molecule has 0 amide bonds. The fourth-order valence-corrected chi connectivity index (χ4v) is 1.83. The third-order valence-corrected chi connectivity index (χ3v) is 2.84. The Morgan fingerprint density at radius 1 is 1.60 bits per heavy atom. The van der Waals surface area contributed by atoms with Crippen LogP contribution < -0.4 is 0 Å². The molecule has 1 aromatic rings. The maximum Gasteiger partial charge on any atom is 0.178 e. The molecule has 0 fully saturated rings.